The molecule has 0 aliphatic carbocycles. The maximum atomic E-state index is 11.5. The van der Waals surface area contributed by atoms with Crippen LogP contribution in [0.2, 0.25) is 0 Å². The van der Waals surface area contributed by atoms with E-state index < -0.39 is 5.97 Å². The second kappa shape index (κ2) is 4.68. The second-order valence-corrected chi connectivity index (χ2v) is 3.36. The first kappa shape index (κ1) is 11.4. The fraction of sp³-hybridized carbons (Fsp3) is 0.364. The number of phenols is 2. The Morgan fingerprint density at radius 3 is 2.33 bits per heavy atom. The molecule has 0 bridgehead atoms. The van der Waals surface area contributed by atoms with Gasteiger partial charge in [-0.05, 0) is 25.5 Å². The van der Waals surface area contributed by atoms with Gasteiger partial charge in [0.05, 0.1) is 11.7 Å². The van der Waals surface area contributed by atoms with Crippen LogP contribution in [0.5, 0.6) is 11.5 Å². The number of carbonyl (C=O) groups is 1. The van der Waals surface area contributed by atoms with Gasteiger partial charge in [-0.1, -0.05) is 6.92 Å². The van der Waals surface area contributed by atoms with Crippen LogP contribution in [0.3, 0.4) is 0 Å². The van der Waals surface area contributed by atoms with E-state index in [2.05, 4.69) is 0 Å². The van der Waals surface area contributed by atoms with E-state index in [4.69, 9.17) is 14.9 Å². The van der Waals surface area contributed by atoms with Crippen LogP contribution in [0, 0.1) is 0 Å². The van der Waals surface area contributed by atoms with E-state index in [0.717, 1.165) is 12.5 Å². The van der Waals surface area contributed by atoms with Crippen LogP contribution in [0.1, 0.15) is 30.6 Å². The van der Waals surface area contributed by atoms with E-state index in [1.807, 2.05) is 6.92 Å². The van der Waals surface area contributed by atoms with Crippen molar-refractivity contribution in [3.63, 3.8) is 0 Å². The SMILES string of the molecule is CCC(C)OC(=O)c1cc(O)cc(O)c1. The molecule has 0 radical (unpaired) electrons. The van der Waals surface area contributed by atoms with Gasteiger partial charge in [0.25, 0.3) is 0 Å². The van der Waals surface area contributed by atoms with Crippen molar-refractivity contribution in [1.82, 2.24) is 0 Å². The van der Waals surface area contributed by atoms with Gasteiger partial charge in [0.15, 0.2) is 0 Å². The van der Waals surface area contributed by atoms with Crippen molar-refractivity contribution in [2.75, 3.05) is 0 Å². The van der Waals surface area contributed by atoms with Crippen molar-refractivity contribution in [3.05, 3.63) is 23.8 Å². The predicted molar refractivity (Wildman–Crippen MR) is 54.9 cm³/mol. The summed E-state index contributed by atoms with van der Waals surface area (Å²) in [6, 6.07) is 3.66. The normalized spacial score (nSPS) is 12.1. The molecule has 0 amide bonds. The molecule has 0 spiro atoms. The quantitative estimate of drug-likeness (QED) is 0.749. The third kappa shape index (κ3) is 3.16. The summed E-state index contributed by atoms with van der Waals surface area (Å²) in [6.07, 6.45) is 0.540. The fourth-order valence-electron chi connectivity index (χ4n) is 1.05. The summed E-state index contributed by atoms with van der Waals surface area (Å²) >= 11 is 0. The van der Waals surface area contributed by atoms with Crippen LogP contribution < -0.4 is 0 Å². The van der Waals surface area contributed by atoms with E-state index in [9.17, 15) is 4.79 Å². The number of esters is 1. The Hall–Kier alpha value is -1.71. The van der Waals surface area contributed by atoms with E-state index in [1.165, 1.54) is 12.1 Å². The molecule has 4 heteroatoms. The molecule has 15 heavy (non-hydrogen) atoms. The summed E-state index contributed by atoms with van der Waals surface area (Å²) in [6.45, 7) is 3.68. The summed E-state index contributed by atoms with van der Waals surface area (Å²) < 4.78 is 5.03. The minimum Gasteiger partial charge on any atom is -0.508 e. The maximum Gasteiger partial charge on any atom is 0.338 e. The van der Waals surface area contributed by atoms with Crippen LogP contribution in [0.25, 0.3) is 0 Å². The fourth-order valence-corrected chi connectivity index (χ4v) is 1.05. The number of benzene rings is 1. The molecule has 0 heterocycles. The Balaban J connectivity index is 2.82. The highest BCUT2D eigenvalue weighted by Crippen LogP contribution is 2.21. The predicted octanol–water partition coefficient (Wildman–Crippen LogP) is 2.05. The zero-order chi connectivity index (χ0) is 11.4. The molecule has 1 unspecified atom stereocenters. The van der Waals surface area contributed by atoms with Gasteiger partial charge >= 0.3 is 5.97 Å². The number of hydrogen-bond donors (Lipinski definition) is 2. The molecular weight excluding hydrogens is 196 g/mol. The third-order valence-corrected chi connectivity index (χ3v) is 2.02. The van der Waals surface area contributed by atoms with E-state index in [-0.39, 0.29) is 23.2 Å². The van der Waals surface area contributed by atoms with Gasteiger partial charge in [-0.3, -0.25) is 0 Å². The van der Waals surface area contributed by atoms with Crippen molar-refractivity contribution >= 4 is 5.97 Å². The Morgan fingerprint density at radius 2 is 1.87 bits per heavy atom. The average molecular weight is 210 g/mol. The average Bonchev–Trinajstić information content (AvgIpc) is 2.16. The lowest BCUT2D eigenvalue weighted by Gasteiger charge is -2.10. The molecule has 0 saturated carbocycles. The molecule has 0 fully saturated rings. The highest BCUT2D eigenvalue weighted by Gasteiger charge is 2.12. The molecular formula is C11H14O4. The van der Waals surface area contributed by atoms with Gasteiger partial charge in [0.1, 0.15) is 11.5 Å². The van der Waals surface area contributed by atoms with Gasteiger partial charge in [-0.25, -0.2) is 4.79 Å². The zero-order valence-electron chi connectivity index (χ0n) is 8.73. The van der Waals surface area contributed by atoms with Crippen LogP contribution in [-0.4, -0.2) is 22.3 Å². The lowest BCUT2D eigenvalue weighted by molar-refractivity contribution is 0.0333. The standard InChI is InChI=1S/C11H14O4/c1-3-7(2)15-11(14)8-4-9(12)6-10(13)5-8/h4-7,12-13H,3H2,1-2H3. The van der Waals surface area contributed by atoms with Gasteiger partial charge in [0.2, 0.25) is 0 Å². The maximum absolute atomic E-state index is 11.5. The molecule has 1 aromatic rings. The van der Waals surface area contributed by atoms with E-state index >= 15 is 0 Å². The monoisotopic (exact) mass is 210 g/mol. The molecule has 0 aliphatic rings. The number of hydrogen-bond acceptors (Lipinski definition) is 4. The molecule has 1 rings (SSSR count). The first-order valence-electron chi connectivity index (χ1n) is 4.77. The zero-order valence-corrected chi connectivity index (χ0v) is 8.73. The summed E-state index contributed by atoms with van der Waals surface area (Å²) in [4.78, 5) is 11.5. The van der Waals surface area contributed by atoms with Gasteiger partial charge < -0.3 is 14.9 Å². The molecule has 1 atom stereocenters. The van der Waals surface area contributed by atoms with Crippen LogP contribution >= 0.6 is 0 Å². The van der Waals surface area contributed by atoms with Crippen molar-refractivity contribution in [3.8, 4) is 11.5 Å². The first-order valence-corrected chi connectivity index (χ1v) is 4.77. The third-order valence-electron chi connectivity index (χ3n) is 2.02. The minimum atomic E-state index is -0.546. The highest BCUT2D eigenvalue weighted by atomic mass is 16.5. The molecule has 0 aromatic heterocycles. The van der Waals surface area contributed by atoms with Crippen LogP contribution in [-0.2, 0) is 4.74 Å². The molecule has 4 nitrogen and oxygen atoms in total. The number of phenolic OH excluding ortho intramolecular Hbond substituents is 2. The summed E-state index contributed by atoms with van der Waals surface area (Å²) in [5.74, 6) is -0.868. The topological polar surface area (TPSA) is 66.8 Å². The van der Waals surface area contributed by atoms with Crippen LogP contribution in [0.15, 0.2) is 18.2 Å². The summed E-state index contributed by atoms with van der Waals surface area (Å²) in [5.41, 5.74) is 0.146. The Bertz CT molecular complexity index is 339. The molecule has 2 N–H and O–H groups in total. The number of ether oxygens (including phenoxy) is 1. The van der Waals surface area contributed by atoms with Gasteiger partial charge in [-0.15, -0.1) is 0 Å². The van der Waals surface area contributed by atoms with Crippen LogP contribution in [0.4, 0.5) is 0 Å². The molecule has 1 aromatic carbocycles. The molecule has 82 valence electrons. The van der Waals surface area contributed by atoms with Crippen molar-refractivity contribution in [1.29, 1.82) is 0 Å². The smallest absolute Gasteiger partial charge is 0.338 e. The number of aromatic hydroxyl groups is 2. The van der Waals surface area contributed by atoms with Crippen molar-refractivity contribution in [2.24, 2.45) is 0 Å². The van der Waals surface area contributed by atoms with Gasteiger partial charge in [-0.2, -0.15) is 0 Å². The minimum absolute atomic E-state index is 0.146. The largest absolute Gasteiger partial charge is 0.508 e. The van der Waals surface area contributed by atoms with Gasteiger partial charge in [0, 0.05) is 6.07 Å². The lowest BCUT2D eigenvalue weighted by atomic mass is 10.2. The summed E-state index contributed by atoms with van der Waals surface area (Å²) in [5, 5.41) is 18.3. The Morgan fingerprint density at radius 1 is 1.33 bits per heavy atom. The summed E-state index contributed by atoms with van der Waals surface area (Å²) in [7, 11) is 0. The molecule has 0 aliphatic heterocycles. The van der Waals surface area contributed by atoms with E-state index in [1.54, 1.807) is 6.92 Å². The Labute approximate surface area is 88.1 Å². The second-order valence-electron chi connectivity index (χ2n) is 3.36. The van der Waals surface area contributed by atoms with Crippen molar-refractivity contribution in [2.45, 2.75) is 26.4 Å². The lowest BCUT2D eigenvalue weighted by Crippen LogP contribution is -2.13. The number of rotatable bonds is 3. The van der Waals surface area contributed by atoms with Crippen molar-refractivity contribution < 1.29 is 19.7 Å². The first-order chi connectivity index (χ1) is 7.02. The number of carbonyl (C=O) groups excluding carboxylic acids is 1. The molecule has 0 saturated heterocycles. The highest BCUT2D eigenvalue weighted by molar-refractivity contribution is 5.90. The Kier molecular flexibility index (Phi) is 3.55. The van der Waals surface area contributed by atoms with E-state index in [0.29, 0.717) is 0 Å².